The smallest absolute Gasteiger partial charge is 0.305 e. The predicted molar refractivity (Wildman–Crippen MR) is 123 cm³/mol. The maximum absolute atomic E-state index is 11.4. The summed E-state index contributed by atoms with van der Waals surface area (Å²) in [7, 11) is 0. The Hall–Kier alpha value is -0.830. The van der Waals surface area contributed by atoms with Crippen LogP contribution in [0, 0.1) is 0 Å². The van der Waals surface area contributed by atoms with Crippen molar-refractivity contribution in [2.24, 2.45) is 5.73 Å². The highest BCUT2D eigenvalue weighted by Crippen LogP contribution is 2.12. The number of allylic oxidation sites excluding steroid dienone is 2. The molecule has 0 atom stereocenters. The van der Waals surface area contributed by atoms with Gasteiger partial charge in [0, 0.05) is 6.42 Å². The minimum absolute atomic E-state index is 0.0607. The minimum atomic E-state index is -0.0607. The Morgan fingerprint density at radius 1 is 0.679 bits per heavy atom. The van der Waals surface area contributed by atoms with Crippen LogP contribution in [0.25, 0.3) is 0 Å². The zero-order valence-corrected chi connectivity index (χ0v) is 18.9. The number of hydrogen-bond donors (Lipinski definition) is 1. The van der Waals surface area contributed by atoms with Gasteiger partial charge in [0.15, 0.2) is 0 Å². The largest absolute Gasteiger partial charge is 0.466 e. The molecule has 2 N–H and O–H groups in total. The monoisotopic (exact) mass is 395 g/mol. The van der Waals surface area contributed by atoms with Crippen LogP contribution in [-0.4, -0.2) is 19.1 Å². The Kier molecular flexibility index (Phi) is 23.5. The molecule has 0 aromatic rings. The van der Waals surface area contributed by atoms with Crippen LogP contribution in [0.5, 0.6) is 0 Å². The predicted octanol–water partition coefficient (Wildman–Crippen LogP) is 7.48. The lowest BCUT2D eigenvalue weighted by atomic mass is 10.1. The van der Waals surface area contributed by atoms with Crippen molar-refractivity contribution in [2.75, 3.05) is 13.2 Å². The van der Waals surface area contributed by atoms with E-state index in [0.717, 1.165) is 19.3 Å². The number of rotatable bonds is 22. The zero-order valence-electron chi connectivity index (χ0n) is 18.9. The van der Waals surface area contributed by atoms with Crippen molar-refractivity contribution in [3.8, 4) is 0 Å². The van der Waals surface area contributed by atoms with Gasteiger partial charge in [-0.05, 0) is 45.1 Å². The lowest BCUT2D eigenvalue weighted by Crippen LogP contribution is -2.09. The van der Waals surface area contributed by atoms with Crippen LogP contribution in [0.2, 0.25) is 0 Å². The van der Waals surface area contributed by atoms with Crippen LogP contribution in [0.1, 0.15) is 129 Å². The molecule has 0 amide bonds. The van der Waals surface area contributed by atoms with E-state index in [9.17, 15) is 4.79 Å². The maximum atomic E-state index is 11.4. The van der Waals surface area contributed by atoms with Gasteiger partial charge in [-0.2, -0.15) is 0 Å². The van der Waals surface area contributed by atoms with Crippen LogP contribution in [0.3, 0.4) is 0 Å². The Bertz CT molecular complexity index is 341. The molecule has 0 saturated heterocycles. The standard InChI is InChI=1S/C25H49NO2/c1-2-3-4-5-6-7-8-9-10-11-12-13-14-15-16-17-18-19-20-22-25(27)28-24-21-23-26/h9-10H,2-8,11-24,26H2,1H3. The molecule has 0 saturated carbocycles. The molecule has 3 heteroatoms. The van der Waals surface area contributed by atoms with E-state index in [4.69, 9.17) is 10.5 Å². The molecule has 0 aromatic carbocycles. The van der Waals surface area contributed by atoms with Crippen molar-refractivity contribution in [3.05, 3.63) is 12.2 Å². The van der Waals surface area contributed by atoms with Gasteiger partial charge in [0.2, 0.25) is 0 Å². The fourth-order valence-electron chi connectivity index (χ4n) is 3.39. The second kappa shape index (κ2) is 24.2. The Morgan fingerprint density at radius 2 is 1.14 bits per heavy atom. The number of carbonyl (C=O) groups excluding carboxylic acids is 1. The van der Waals surface area contributed by atoms with Gasteiger partial charge >= 0.3 is 5.97 Å². The Labute approximate surface area is 175 Å². The third-order valence-corrected chi connectivity index (χ3v) is 5.25. The van der Waals surface area contributed by atoms with Crippen LogP contribution in [0.15, 0.2) is 12.2 Å². The molecule has 3 nitrogen and oxygen atoms in total. The molecular weight excluding hydrogens is 346 g/mol. The van der Waals surface area contributed by atoms with Crippen LogP contribution >= 0.6 is 0 Å². The van der Waals surface area contributed by atoms with Crippen molar-refractivity contribution in [1.82, 2.24) is 0 Å². The van der Waals surface area contributed by atoms with Crippen molar-refractivity contribution < 1.29 is 9.53 Å². The molecular formula is C25H49NO2. The summed E-state index contributed by atoms with van der Waals surface area (Å²) in [6.07, 6.45) is 28.5. The first-order chi connectivity index (χ1) is 13.8. The molecule has 0 rings (SSSR count). The fraction of sp³-hybridized carbons (Fsp3) is 0.880. The summed E-state index contributed by atoms with van der Waals surface area (Å²) in [5.41, 5.74) is 5.37. The molecule has 0 aromatic heterocycles. The van der Waals surface area contributed by atoms with Crippen molar-refractivity contribution in [3.63, 3.8) is 0 Å². The molecule has 166 valence electrons. The number of hydrogen-bond acceptors (Lipinski definition) is 3. The topological polar surface area (TPSA) is 52.3 Å². The van der Waals surface area contributed by atoms with Gasteiger partial charge < -0.3 is 10.5 Å². The number of carbonyl (C=O) groups is 1. The van der Waals surface area contributed by atoms with E-state index in [-0.39, 0.29) is 5.97 Å². The van der Waals surface area contributed by atoms with E-state index in [1.165, 1.54) is 96.3 Å². The molecule has 0 unspecified atom stereocenters. The quantitative estimate of drug-likeness (QED) is 0.117. The first-order valence-electron chi connectivity index (χ1n) is 12.3. The third-order valence-electron chi connectivity index (χ3n) is 5.25. The second-order valence-electron chi connectivity index (χ2n) is 8.11. The lowest BCUT2D eigenvalue weighted by Gasteiger charge is -2.04. The second-order valence-corrected chi connectivity index (χ2v) is 8.11. The molecule has 0 aliphatic heterocycles. The van der Waals surface area contributed by atoms with Gasteiger partial charge in [-0.25, -0.2) is 0 Å². The van der Waals surface area contributed by atoms with Crippen LogP contribution < -0.4 is 5.73 Å². The summed E-state index contributed by atoms with van der Waals surface area (Å²) in [6.45, 7) is 3.34. The van der Waals surface area contributed by atoms with E-state index in [1.807, 2.05) is 0 Å². The summed E-state index contributed by atoms with van der Waals surface area (Å²) in [5, 5.41) is 0. The lowest BCUT2D eigenvalue weighted by molar-refractivity contribution is -0.143. The van der Waals surface area contributed by atoms with Crippen molar-refractivity contribution in [2.45, 2.75) is 129 Å². The molecule has 0 aliphatic rings. The average Bonchev–Trinajstić information content (AvgIpc) is 2.70. The average molecular weight is 396 g/mol. The summed E-state index contributed by atoms with van der Waals surface area (Å²) in [4.78, 5) is 11.4. The number of ether oxygens (including phenoxy) is 1. The third kappa shape index (κ3) is 23.2. The van der Waals surface area contributed by atoms with Crippen molar-refractivity contribution >= 4 is 5.97 Å². The highest BCUT2D eigenvalue weighted by atomic mass is 16.5. The van der Waals surface area contributed by atoms with Crippen molar-refractivity contribution in [1.29, 1.82) is 0 Å². The molecule has 28 heavy (non-hydrogen) atoms. The highest BCUT2D eigenvalue weighted by Gasteiger charge is 2.01. The van der Waals surface area contributed by atoms with E-state index in [1.54, 1.807) is 0 Å². The van der Waals surface area contributed by atoms with E-state index in [2.05, 4.69) is 19.1 Å². The molecule has 0 aliphatic carbocycles. The van der Waals surface area contributed by atoms with Gasteiger partial charge in [0.05, 0.1) is 6.61 Å². The summed E-state index contributed by atoms with van der Waals surface area (Å²) < 4.78 is 5.10. The fourth-order valence-corrected chi connectivity index (χ4v) is 3.39. The summed E-state index contributed by atoms with van der Waals surface area (Å²) in [5.74, 6) is -0.0607. The van der Waals surface area contributed by atoms with Gasteiger partial charge in [-0.3, -0.25) is 4.79 Å². The van der Waals surface area contributed by atoms with Gasteiger partial charge in [-0.1, -0.05) is 96.1 Å². The van der Waals surface area contributed by atoms with E-state index in [0.29, 0.717) is 19.6 Å². The molecule has 0 fully saturated rings. The van der Waals surface area contributed by atoms with E-state index >= 15 is 0 Å². The van der Waals surface area contributed by atoms with Crippen LogP contribution in [-0.2, 0) is 9.53 Å². The normalized spacial score (nSPS) is 11.4. The first kappa shape index (κ1) is 27.2. The van der Waals surface area contributed by atoms with Crippen LogP contribution in [0.4, 0.5) is 0 Å². The number of esters is 1. The SMILES string of the molecule is CCCCCCCCC=CCCCCCCCCCCCC(=O)OCCCN. The van der Waals surface area contributed by atoms with Gasteiger partial charge in [0.25, 0.3) is 0 Å². The molecule has 0 radical (unpaired) electrons. The number of unbranched alkanes of at least 4 members (excludes halogenated alkanes) is 15. The molecule has 0 spiro atoms. The molecule has 0 heterocycles. The first-order valence-corrected chi connectivity index (χ1v) is 12.3. The van der Waals surface area contributed by atoms with Gasteiger partial charge in [0.1, 0.15) is 0 Å². The Balaban J connectivity index is 3.13. The summed E-state index contributed by atoms with van der Waals surface area (Å²) in [6, 6.07) is 0. The Morgan fingerprint density at radius 3 is 1.64 bits per heavy atom. The zero-order chi connectivity index (χ0) is 20.5. The highest BCUT2D eigenvalue weighted by molar-refractivity contribution is 5.69. The van der Waals surface area contributed by atoms with E-state index < -0.39 is 0 Å². The summed E-state index contributed by atoms with van der Waals surface area (Å²) >= 11 is 0. The number of nitrogens with two attached hydrogens (primary N) is 1. The maximum Gasteiger partial charge on any atom is 0.305 e. The molecule has 0 bridgehead atoms. The minimum Gasteiger partial charge on any atom is -0.466 e. The van der Waals surface area contributed by atoms with Gasteiger partial charge in [-0.15, -0.1) is 0 Å².